The Hall–Kier alpha value is -1.50. The molecular formula is C16H20Cl3N3O3. The number of anilines is 1. The molecule has 3 amide bonds. The summed E-state index contributed by atoms with van der Waals surface area (Å²) in [5.41, 5.74) is 0.423. The summed E-state index contributed by atoms with van der Waals surface area (Å²) in [6.07, 6.45) is 0.191. The third-order valence-corrected chi connectivity index (χ3v) is 3.93. The van der Waals surface area contributed by atoms with Crippen molar-refractivity contribution < 1.29 is 14.4 Å². The first-order valence-corrected chi connectivity index (χ1v) is 8.87. The molecule has 1 aromatic rings. The van der Waals surface area contributed by atoms with E-state index < -0.39 is 15.6 Å². The minimum absolute atomic E-state index is 0.0388. The van der Waals surface area contributed by atoms with E-state index in [2.05, 4.69) is 10.6 Å². The van der Waals surface area contributed by atoms with Crippen molar-refractivity contribution >= 4 is 58.2 Å². The lowest BCUT2D eigenvalue weighted by atomic mass is 10.1. The molecule has 9 heteroatoms. The first kappa shape index (κ1) is 21.5. The third kappa shape index (κ3) is 6.72. The molecule has 0 bridgehead atoms. The van der Waals surface area contributed by atoms with Crippen LogP contribution in [0.5, 0.6) is 0 Å². The Morgan fingerprint density at radius 3 is 2.24 bits per heavy atom. The van der Waals surface area contributed by atoms with Crippen molar-refractivity contribution in [2.24, 2.45) is 0 Å². The highest BCUT2D eigenvalue weighted by molar-refractivity contribution is 6.76. The highest BCUT2D eigenvalue weighted by Gasteiger charge is 2.31. The molecule has 1 aromatic carbocycles. The molecule has 0 saturated carbocycles. The van der Waals surface area contributed by atoms with Gasteiger partial charge in [0.1, 0.15) is 0 Å². The first-order valence-electron chi connectivity index (χ1n) is 7.73. The Morgan fingerprint density at radius 2 is 1.68 bits per heavy atom. The van der Waals surface area contributed by atoms with Crippen molar-refractivity contribution in [3.8, 4) is 0 Å². The molecular weight excluding hydrogens is 389 g/mol. The molecule has 0 aliphatic carbocycles. The molecule has 0 fully saturated rings. The fourth-order valence-corrected chi connectivity index (χ4v) is 2.24. The largest absolute Gasteiger partial charge is 0.351 e. The number of hydrogen-bond acceptors (Lipinski definition) is 3. The van der Waals surface area contributed by atoms with E-state index in [0.29, 0.717) is 13.1 Å². The standard InChI is InChI=1S/C16H20Cl3N3O3/c1-3-22(4-2)13(23)9-10-20-14(24)11-7-5-6-8-12(11)21-15(25)16(17,18)19/h5-8H,3-4,9-10H2,1-2H3,(H,20,24)(H,21,25). The lowest BCUT2D eigenvalue weighted by Gasteiger charge is -2.18. The molecule has 0 aliphatic heterocycles. The molecule has 0 aromatic heterocycles. The summed E-state index contributed by atoms with van der Waals surface area (Å²) in [7, 11) is 0. The van der Waals surface area contributed by atoms with Gasteiger partial charge < -0.3 is 15.5 Å². The van der Waals surface area contributed by atoms with Gasteiger partial charge >= 0.3 is 0 Å². The molecule has 0 saturated heterocycles. The zero-order chi connectivity index (χ0) is 19.0. The van der Waals surface area contributed by atoms with E-state index in [0.717, 1.165) is 0 Å². The second-order valence-corrected chi connectivity index (χ2v) is 7.35. The summed E-state index contributed by atoms with van der Waals surface area (Å²) >= 11 is 16.6. The van der Waals surface area contributed by atoms with Gasteiger partial charge in [-0.25, -0.2) is 0 Å². The maximum atomic E-state index is 12.3. The van der Waals surface area contributed by atoms with E-state index in [-0.39, 0.29) is 30.1 Å². The number of carbonyl (C=O) groups is 3. The number of benzene rings is 1. The van der Waals surface area contributed by atoms with Crippen LogP contribution >= 0.6 is 34.8 Å². The molecule has 138 valence electrons. The number of alkyl halides is 3. The molecule has 1 rings (SSSR count). The average molecular weight is 409 g/mol. The van der Waals surface area contributed by atoms with Crippen LogP contribution in [0.15, 0.2) is 24.3 Å². The van der Waals surface area contributed by atoms with E-state index >= 15 is 0 Å². The number of nitrogens with one attached hydrogen (secondary N) is 2. The number of amides is 3. The number of halogens is 3. The van der Waals surface area contributed by atoms with Crippen molar-refractivity contribution in [2.45, 2.75) is 24.1 Å². The monoisotopic (exact) mass is 407 g/mol. The summed E-state index contributed by atoms with van der Waals surface area (Å²) in [6.45, 7) is 5.21. The molecule has 25 heavy (non-hydrogen) atoms. The molecule has 0 heterocycles. The summed E-state index contributed by atoms with van der Waals surface area (Å²) in [5, 5.41) is 5.04. The normalized spacial score (nSPS) is 10.9. The smallest absolute Gasteiger partial charge is 0.276 e. The molecule has 0 spiro atoms. The second-order valence-electron chi connectivity index (χ2n) is 5.07. The van der Waals surface area contributed by atoms with E-state index in [9.17, 15) is 14.4 Å². The highest BCUT2D eigenvalue weighted by atomic mass is 35.6. The van der Waals surface area contributed by atoms with Gasteiger partial charge in [0, 0.05) is 26.1 Å². The quantitative estimate of drug-likeness (QED) is 0.681. The summed E-state index contributed by atoms with van der Waals surface area (Å²) in [6, 6.07) is 6.31. The molecule has 0 radical (unpaired) electrons. The first-order chi connectivity index (χ1) is 11.7. The number of rotatable bonds is 7. The zero-order valence-corrected chi connectivity index (χ0v) is 16.2. The maximum absolute atomic E-state index is 12.3. The van der Waals surface area contributed by atoms with Crippen LogP contribution in [-0.2, 0) is 9.59 Å². The Labute approximate surface area is 161 Å². The number of carbonyl (C=O) groups excluding carboxylic acids is 3. The minimum Gasteiger partial charge on any atom is -0.351 e. The second kappa shape index (κ2) is 9.85. The number of para-hydroxylation sites is 1. The van der Waals surface area contributed by atoms with Gasteiger partial charge in [-0.15, -0.1) is 0 Å². The van der Waals surface area contributed by atoms with Crippen LogP contribution < -0.4 is 10.6 Å². The van der Waals surface area contributed by atoms with Crippen LogP contribution in [0.2, 0.25) is 0 Å². The van der Waals surface area contributed by atoms with Crippen LogP contribution in [0.1, 0.15) is 30.6 Å². The minimum atomic E-state index is -2.14. The molecule has 0 unspecified atom stereocenters. The van der Waals surface area contributed by atoms with Crippen LogP contribution in [0.25, 0.3) is 0 Å². The Morgan fingerprint density at radius 1 is 1.08 bits per heavy atom. The van der Waals surface area contributed by atoms with E-state index in [1.165, 1.54) is 12.1 Å². The van der Waals surface area contributed by atoms with Gasteiger partial charge in [-0.05, 0) is 26.0 Å². The van der Waals surface area contributed by atoms with E-state index in [4.69, 9.17) is 34.8 Å². The lowest BCUT2D eigenvalue weighted by Crippen LogP contribution is -2.34. The van der Waals surface area contributed by atoms with Crippen LogP contribution in [-0.4, -0.2) is 46.0 Å². The molecule has 0 atom stereocenters. The van der Waals surface area contributed by atoms with Crippen molar-refractivity contribution in [2.75, 3.05) is 25.0 Å². The van der Waals surface area contributed by atoms with Gasteiger partial charge in [-0.2, -0.15) is 0 Å². The maximum Gasteiger partial charge on any atom is 0.276 e. The van der Waals surface area contributed by atoms with Crippen molar-refractivity contribution in [3.05, 3.63) is 29.8 Å². The van der Waals surface area contributed by atoms with Gasteiger partial charge in [0.2, 0.25) is 5.91 Å². The van der Waals surface area contributed by atoms with Crippen LogP contribution in [0.3, 0.4) is 0 Å². The predicted molar refractivity (Wildman–Crippen MR) is 100 cm³/mol. The van der Waals surface area contributed by atoms with Gasteiger partial charge in [0.25, 0.3) is 15.6 Å². The summed E-state index contributed by atoms with van der Waals surface area (Å²) < 4.78 is -2.14. The van der Waals surface area contributed by atoms with E-state index in [1.54, 1.807) is 17.0 Å². The van der Waals surface area contributed by atoms with E-state index in [1.807, 2.05) is 13.8 Å². The third-order valence-electron chi connectivity index (χ3n) is 3.42. The van der Waals surface area contributed by atoms with Gasteiger partial charge in [-0.3, -0.25) is 14.4 Å². The van der Waals surface area contributed by atoms with Gasteiger partial charge in [0.15, 0.2) is 0 Å². The SMILES string of the molecule is CCN(CC)C(=O)CCNC(=O)c1ccccc1NC(=O)C(Cl)(Cl)Cl. The predicted octanol–water partition coefficient (Wildman–Crippen LogP) is 2.98. The highest BCUT2D eigenvalue weighted by Crippen LogP contribution is 2.28. The number of hydrogen-bond donors (Lipinski definition) is 2. The van der Waals surface area contributed by atoms with Gasteiger partial charge in [-0.1, -0.05) is 46.9 Å². The van der Waals surface area contributed by atoms with Crippen molar-refractivity contribution in [1.29, 1.82) is 0 Å². The summed E-state index contributed by atoms with van der Waals surface area (Å²) in [5.74, 6) is -1.34. The molecule has 0 aliphatic rings. The van der Waals surface area contributed by atoms with Crippen molar-refractivity contribution in [1.82, 2.24) is 10.2 Å². The molecule has 6 nitrogen and oxygen atoms in total. The summed E-state index contributed by atoms with van der Waals surface area (Å²) in [4.78, 5) is 37.7. The van der Waals surface area contributed by atoms with Gasteiger partial charge in [0.05, 0.1) is 11.3 Å². The van der Waals surface area contributed by atoms with Crippen molar-refractivity contribution in [3.63, 3.8) is 0 Å². The Kier molecular flexibility index (Phi) is 8.48. The Bertz CT molecular complexity index is 629. The topological polar surface area (TPSA) is 78.5 Å². The molecule has 2 N–H and O–H groups in total. The average Bonchev–Trinajstić information content (AvgIpc) is 2.55. The Balaban J connectivity index is 2.70. The van der Waals surface area contributed by atoms with Crippen LogP contribution in [0, 0.1) is 0 Å². The lowest BCUT2D eigenvalue weighted by molar-refractivity contribution is -0.130. The fraction of sp³-hybridized carbons (Fsp3) is 0.438. The van der Waals surface area contributed by atoms with Crippen LogP contribution in [0.4, 0.5) is 5.69 Å². The fourth-order valence-electron chi connectivity index (χ4n) is 2.10. The zero-order valence-electron chi connectivity index (χ0n) is 13.9. The number of nitrogens with zero attached hydrogens (tertiary/aromatic N) is 1.